The fourth-order valence-corrected chi connectivity index (χ4v) is 4.97. The van der Waals surface area contributed by atoms with Crippen LogP contribution in [0.3, 0.4) is 0 Å². The first-order chi connectivity index (χ1) is 16.9. The molecule has 0 bridgehead atoms. The third-order valence-corrected chi connectivity index (χ3v) is 6.65. The minimum Gasteiger partial charge on any atom is -0.355 e. The summed E-state index contributed by atoms with van der Waals surface area (Å²) in [4.78, 5) is 28.3. The maximum absolute atomic E-state index is 13.5. The third-order valence-electron chi connectivity index (χ3n) is 5.66. The maximum atomic E-state index is 13.5. The topological polar surface area (TPSA) is 49.4 Å². The summed E-state index contributed by atoms with van der Waals surface area (Å²) in [6.07, 6.45) is 0.404. The lowest BCUT2D eigenvalue weighted by molar-refractivity contribution is -0.139. The minimum atomic E-state index is -0.670. The van der Waals surface area contributed by atoms with Gasteiger partial charge in [0.15, 0.2) is 0 Å². The molecule has 0 heterocycles. The van der Waals surface area contributed by atoms with Gasteiger partial charge in [0.2, 0.25) is 11.8 Å². The summed E-state index contributed by atoms with van der Waals surface area (Å²) in [6, 6.07) is 21.5. The molecule has 0 aliphatic heterocycles. The van der Waals surface area contributed by atoms with Gasteiger partial charge in [0.1, 0.15) is 11.9 Å². The SMILES string of the molecule is CCNC(=O)[C@H](Cc1ccccc1)N(Cc1ccc(F)cc1)C(=O)CSCc1cc(C)cc(C)c1. The maximum Gasteiger partial charge on any atom is 0.243 e. The summed E-state index contributed by atoms with van der Waals surface area (Å²) in [7, 11) is 0. The van der Waals surface area contributed by atoms with Gasteiger partial charge >= 0.3 is 0 Å². The monoisotopic (exact) mass is 492 g/mol. The van der Waals surface area contributed by atoms with Crippen molar-refractivity contribution < 1.29 is 14.0 Å². The molecule has 3 rings (SSSR count). The molecular weight excluding hydrogens is 459 g/mol. The molecule has 0 aliphatic carbocycles. The predicted molar refractivity (Wildman–Crippen MR) is 142 cm³/mol. The Morgan fingerprint density at radius 2 is 1.57 bits per heavy atom. The van der Waals surface area contributed by atoms with E-state index in [2.05, 4.69) is 37.4 Å². The molecule has 35 heavy (non-hydrogen) atoms. The quantitative estimate of drug-likeness (QED) is 0.387. The number of nitrogens with one attached hydrogen (secondary N) is 1. The van der Waals surface area contributed by atoms with Crippen LogP contribution in [0, 0.1) is 19.7 Å². The van der Waals surface area contributed by atoms with Gasteiger partial charge in [-0.3, -0.25) is 9.59 Å². The third kappa shape index (κ3) is 8.25. The normalized spacial score (nSPS) is 11.7. The first kappa shape index (κ1) is 26.5. The number of carbonyl (C=O) groups excluding carboxylic acids is 2. The number of aryl methyl sites for hydroxylation is 2. The molecule has 6 heteroatoms. The molecule has 0 saturated carbocycles. The van der Waals surface area contributed by atoms with Crippen LogP contribution >= 0.6 is 11.8 Å². The molecule has 3 aromatic rings. The zero-order valence-corrected chi connectivity index (χ0v) is 21.4. The predicted octanol–water partition coefficient (Wildman–Crippen LogP) is 5.45. The highest BCUT2D eigenvalue weighted by atomic mass is 32.2. The molecule has 4 nitrogen and oxygen atoms in total. The van der Waals surface area contributed by atoms with Gasteiger partial charge in [-0.15, -0.1) is 11.8 Å². The highest BCUT2D eigenvalue weighted by Crippen LogP contribution is 2.20. The van der Waals surface area contributed by atoms with Crippen LogP contribution in [0.4, 0.5) is 4.39 Å². The van der Waals surface area contributed by atoms with E-state index in [1.165, 1.54) is 40.6 Å². The molecule has 1 N–H and O–H groups in total. The molecule has 0 radical (unpaired) electrons. The Kier molecular flexibility index (Phi) is 9.91. The van der Waals surface area contributed by atoms with Crippen molar-refractivity contribution >= 4 is 23.6 Å². The van der Waals surface area contributed by atoms with E-state index in [1.54, 1.807) is 17.0 Å². The van der Waals surface area contributed by atoms with E-state index in [0.717, 1.165) is 11.1 Å². The number of thioether (sulfide) groups is 1. The second-order valence-electron chi connectivity index (χ2n) is 8.74. The first-order valence-corrected chi connectivity index (χ1v) is 13.0. The zero-order valence-electron chi connectivity index (χ0n) is 20.6. The molecule has 2 amide bonds. The summed E-state index contributed by atoms with van der Waals surface area (Å²) in [5.41, 5.74) is 5.33. The van der Waals surface area contributed by atoms with Crippen molar-refractivity contribution in [3.05, 3.63) is 106 Å². The Bertz CT molecular complexity index is 1100. The number of hydrogen-bond acceptors (Lipinski definition) is 3. The molecule has 0 spiro atoms. The van der Waals surface area contributed by atoms with Crippen molar-refractivity contribution in [3.63, 3.8) is 0 Å². The first-order valence-electron chi connectivity index (χ1n) is 11.9. The minimum absolute atomic E-state index is 0.115. The smallest absolute Gasteiger partial charge is 0.243 e. The van der Waals surface area contributed by atoms with Crippen molar-refractivity contribution in [1.82, 2.24) is 10.2 Å². The second-order valence-corrected chi connectivity index (χ2v) is 9.72. The van der Waals surface area contributed by atoms with Crippen molar-refractivity contribution in [1.29, 1.82) is 0 Å². The highest BCUT2D eigenvalue weighted by molar-refractivity contribution is 7.99. The molecule has 3 aromatic carbocycles. The molecule has 0 saturated heterocycles. The Hall–Kier alpha value is -3.12. The van der Waals surface area contributed by atoms with Crippen molar-refractivity contribution in [2.45, 2.75) is 45.5 Å². The van der Waals surface area contributed by atoms with Gasteiger partial charge in [0.25, 0.3) is 0 Å². The average Bonchev–Trinajstić information content (AvgIpc) is 2.82. The van der Waals surface area contributed by atoms with E-state index in [-0.39, 0.29) is 29.9 Å². The summed E-state index contributed by atoms with van der Waals surface area (Å²) in [5.74, 6) is 0.324. The lowest BCUT2D eigenvalue weighted by atomic mass is 10.0. The van der Waals surface area contributed by atoms with E-state index < -0.39 is 6.04 Å². The van der Waals surface area contributed by atoms with Crippen LogP contribution in [0.25, 0.3) is 0 Å². The van der Waals surface area contributed by atoms with Crippen molar-refractivity contribution in [2.24, 2.45) is 0 Å². The van der Waals surface area contributed by atoms with E-state index in [9.17, 15) is 14.0 Å². The Balaban J connectivity index is 1.82. The lowest BCUT2D eigenvalue weighted by Crippen LogP contribution is -2.51. The van der Waals surface area contributed by atoms with Crippen LogP contribution in [0.2, 0.25) is 0 Å². The summed E-state index contributed by atoms with van der Waals surface area (Å²) < 4.78 is 13.5. The van der Waals surface area contributed by atoms with Crippen LogP contribution in [0.15, 0.2) is 72.8 Å². The highest BCUT2D eigenvalue weighted by Gasteiger charge is 2.30. The van der Waals surface area contributed by atoms with E-state index in [4.69, 9.17) is 0 Å². The Morgan fingerprint density at radius 3 is 2.20 bits per heavy atom. The number of halogens is 1. The van der Waals surface area contributed by atoms with Crippen molar-refractivity contribution in [2.75, 3.05) is 12.3 Å². The van der Waals surface area contributed by atoms with Gasteiger partial charge in [0.05, 0.1) is 5.75 Å². The van der Waals surface area contributed by atoms with E-state index in [1.807, 2.05) is 37.3 Å². The van der Waals surface area contributed by atoms with Gasteiger partial charge in [-0.2, -0.15) is 0 Å². The number of rotatable bonds is 11. The lowest BCUT2D eigenvalue weighted by Gasteiger charge is -2.31. The molecule has 0 aliphatic rings. The van der Waals surface area contributed by atoms with Gasteiger partial charge in [-0.05, 0) is 49.6 Å². The summed E-state index contributed by atoms with van der Waals surface area (Å²) >= 11 is 1.54. The van der Waals surface area contributed by atoms with Crippen LogP contribution in [-0.4, -0.2) is 35.1 Å². The molecule has 0 aromatic heterocycles. The standard InChI is InChI=1S/C29H33FN2O2S/c1-4-31-29(34)27(17-23-8-6-5-7-9-23)32(18-24-10-12-26(30)13-11-24)28(33)20-35-19-25-15-21(2)14-22(3)16-25/h5-16,27H,4,17-20H2,1-3H3,(H,31,34)/t27-/m0/s1. The van der Waals surface area contributed by atoms with Crippen LogP contribution in [0.1, 0.15) is 34.7 Å². The average molecular weight is 493 g/mol. The Morgan fingerprint density at radius 1 is 0.914 bits per heavy atom. The second kappa shape index (κ2) is 13.1. The number of nitrogens with zero attached hydrogens (tertiary/aromatic N) is 1. The number of benzene rings is 3. The van der Waals surface area contributed by atoms with Crippen LogP contribution in [-0.2, 0) is 28.3 Å². The molecule has 0 fully saturated rings. The van der Waals surface area contributed by atoms with Gasteiger partial charge < -0.3 is 10.2 Å². The fourth-order valence-electron chi connectivity index (χ4n) is 4.12. The molecule has 1 atom stereocenters. The molecular formula is C29H33FN2O2S. The summed E-state index contributed by atoms with van der Waals surface area (Å²) in [6.45, 7) is 6.71. The van der Waals surface area contributed by atoms with Crippen LogP contribution < -0.4 is 5.32 Å². The number of hydrogen-bond donors (Lipinski definition) is 1. The molecule has 0 unspecified atom stereocenters. The zero-order chi connectivity index (χ0) is 25.2. The Labute approximate surface area is 211 Å². The van der Waals surface area contributed by atoms with Crippen LogP contribution in [0.5, 0.6) is 0 Å². The van der Waals surface area contributed by atoms with E-state index in [0.29, 0.717) is 18.7 Å². The number of likely N-dealkylation sites (N-methyl/N-ethyl adjacent to an activating group) is 1. The number of carbonyl (C=O) groups is 2. The van der Waals surface area contributed by atoms with Gasteiger partial charge in [-0.1, -0.05) is 71.8 Å². The van der Waals surface area contributed by atoms with Gasteiger partial charge in [-0.25, -0.2) is 4.39 Å². The summed E-state index contributed by atoms with van der Waals surface area (Å²) in [5, 5.41) is 2.89. The fraction of sp³-hybridized carbons (Fsp3) is 0.310. The number of amides is 2. The largest absolute Gasteiger partial charge is 0.355 e. The van der Waals surface area contributed by atoms with E-state index >= 15 is 0 Å². The van der Waals surface area contributed by atoms with Crippen molar-refractivity contribution in [3.8, 4) is 0 Å². The molecule has 184 valence electrons. The van der Waals surface area contributed by atoms with Gasteiger partial charge in [0, 0.05) is 25.3 Å².